The van der Waals surface area contributed by atoms with Gasteiger partial charge in [-0.2, -0.15) is 0 Å². The molecule has 0 aromatic heterocycles. The maximum atomic E-state index is 12.0. The van der Waals surface area contributed by atoms with Gasteiger partial charge in [0.25, 0.3) is 0 Å². The molecule has 2 fully saturated rings. The molecule has 128 valence electrons. The molecule has 1 aliphatic carbocycles. The van der Waals surface area contributed by atoms with Crippen LogP contribution in [0.2, 0.25) is 0 Å². The van der Waals surface area contributed by atoms with E-state index >= 15 is 0 Å². The van der Waals surface area contributed by atoms with Crippen LogP contribution in [0.1, 0.15) is 26.7 Å². The molecule has 7 nitrogen and oxygen atoms in total. The number of rotatable bonds is 1. The summed E-state index contributed by atoms with van der Waals surface area (Å²) in [5.74, 6) is -2.34. The van der Waals surface area contributed by atoms with Gasteiger partial charge in [0.1, 0.15) is 18.3 Å². The Morgan fingerprint density at radius 3 is 2.78 bits per heavy atom. The third-order valence-electron chi connectivity index (χ3n) is 5.28. The molecular formula is C16H22O7. The van der Waals surface area contributed by atoms with Crippen molar-refractivity contribution in [2.24, 2.45) is 11.8 Å². The lowest BCUT2D eigenvalue weighted by molar-refractivity contribution is -0.145. The molecule has 23 heavy (non-hydrogen) atoms. The number of aliphatic hydroxyl groups excluding tert-OH is 2. The predicted octanol–water partition coefficient (Wildman–Crippen LogP) is -0.0634. The Hall–Kier alpha value is -1.44. The van der Waals surface area contributed by atoms with Crippen LogP contribution in [0.25, 0.3) is 0 Å². The number of allylic oxidation sites excluding steroid dienone is 1. The first-order valence-electron chi connectivity index (χ1n) is 7.83. The van der Waals surface area contributed by atoms with E-state index in [1.165, 1.54) is 7.11 Å². The zero-order chi connectivity index (χ0) is 16.9. The third-order valence-corrected chi connectivity index (χ3v) is 5.28. The third kappa shape index (κ3) is 2.56. The zero-order valence-electron chi connectivity index (χ0n) is 13.4. The maximum Gasteiger partial charge on any atom is 0.336 e. The molecule has 0 bridgehead atoms. The molecule has 3 aliphatic rings. The van der Waals surface area contributed by atoms with Crippen molar-refractivity contribution < 1.29 is 34.0 Å². The van der Waals surface area contributed by atoms with Crippen molar-refractivity contribution in [3.63, 3.8) is 0 Å². The smallest absolute Gasteiger partial charge is 0.336 e. The van der Waals surface area contributed by atoms with E-state index < -0.39 is 47.7 Å². The fourth-order valence-corrected chi connectivity index (χ4v) is 3.74. The van der Waals surface area contributed by atoms with E-state index in [9.17, 15) is 19.8 Å². The minimum atomic E-state index is -1.44. The van der Waals surface area contributed by atoms with Crippen molar-refractivity contribution in [1.82, 2.24) is 0 Å². The fourth-order valence-electron chi connectivity index (χ4n) is 3.74. The second-order valence-corrected chi connectivity index (χ2v) is 6.74. The highest BCUT2D eigenvalue weighted by molar-refractivity contribution is 5.89. The number of carbonyl (C=O) groups excluding carboxylic acids is 2. The maximum absolute atomic E-state index is 12.0. The molecule has 7 atom stereocenters. The van der Waals surface area contributed by atoms with Crippen LogP contribution in [0, 0.1) is 11.8 Å². The minimum Gasteiger partial charge on any atom is -0.466 e. The van der Waals surface area contributed by atoms with Crippen LogP contribution in [-0.4, -0.2) is 59.3 Å². The Bertz CT molecular complexity index is 557. The average Bonchev–Trinajstić information content (AvgIpc) is 3.10. The van der Waals surface area contributed by atoms with Crippen molar-refractivity contribution in [3.8, 4) is 0 Å². The molecule has 0 aromatic rings. The van der Waals surface area contributed by atoms with Crippen molar-refractivity contribution >= 4 is 11.9 Å². The zero-order valence-corrected chi connectivity index (χ0v) is 13.4. The molecular weight excluding hydrogens is 304 g/mol. The summed E-state index contributed by atoms with van der Waals surface area (Å²) < 4.78 is 15.8. The average molecular weight is 326 g/mol. The van der Waals surface area contributed by atoms with Gasteiger partial charge in [0.2, 0.25) is 0 Å². The molecule has 2 N–H and O–H groups in total. The van der Waals surface area contributed by atoms with Crippen LogP contribution in [0.5, 0.6) is 0 Å². The van der Waals surface area contributed by atoms with Gasteiger partial charge in [0.05, 0.1) is 30.3 Å². The van der Waals surface area contributed by atoms with Gasteiger partial charge >= 0.3 is 11.9 Å². The van der Waals surface area contributed by atoms with Gasteiger partial charge in [-0.05, 0) is 19.8 Å². The Balaban J connectivity index is 1.98. The number of aliphatic hydroxyl groups is 2. The van der Waals surface area contributed by atoms with Gasteiger partial charge in [-0.25, -0.2) is 4.79 Å². The highest BCUT2D eigenvalue weighted by Gasteiger charge is 2.64. The standard InChI is InChI=1S/C16H22O7/c1-7-9-11(18)10(17)8(15(20)21-3)5-4-6-16(2)13(23-16)12(9)22-14(7)19/h5,7,9-13,17-18H,4,6H2,1-3H3/b8-5+/t7-,9-,10+,11+,12-,13+,16-/m1/s1. The molecule has 0 spiro atoms. The van der Waals surface area contributed by atoms with Crippen LogP contribution in [-0.2, 0) is 23.8 Å². The summed E-state index contributed by atoms with van der Waals surface area (Å²) in [5, 5.41) is 21.1. The predicted molar refractivity (Wildman–Crippen MR) is 77.2 cm³/mol. The van der Waals surface area contributed by atoms with E-state index in [0.29, 0.717) is 12.8 Å². The molecule has 0 radical (unpaired) electrons. The molecule has 3 rings (SSSR count). The highest BCUT2D eigenvalue weighted by atomic mass is 16.6. The second-order valence-electron chi connectivity index (χ2n) is 6.74. The van der Waals surface area contributed by atoms with E-state index in [1.807, 2.05) is 6.92 Å². The number of fused-ring (bicyclic) bond motifs is 3. The molecule has 0 saturated carbocycles. The first-order valence-corrected chi connectivity index (χ1v) is 7.83. The van der Waals surface area contributed by atoms with E-state index in [-0.39, 0.29) is 11.7 Å². The summed E-state index contributed by atoms with van der Waals surface area (Å²) in [6.07, 6.45) is -0.987. The quantitative estimate of drug-likeness (QED) is 0.513. The molecule has 2 heterocycles. The van der Waals surface area contributed by atoms with Crippen LogP contribution < -0.4 is 0 Å². The van der Waals surface area contributed by atoms with E-state index in [1.54, 1.807) is 13.0 Å². The largest absolute Gasteiger partial charge is 0.466 e. The SMILES string of the molecule is COC(=O)/C1=C/CC[C@@]2(C)O[C@H]2[C@@H]2OC(=O)[C@H](C)[C@@H]2[C@H](O)[C@H]1O. The van der Waals surface area contributed by atoms with Crippen LogP contribution >= 0.6 is 0 Å². The van der Waals surface area contributed by atoms with Crippen molar-refractivity contribution in [3.05, 3.63) is 11.6 Å². The molecule has 0 unspecified atom stereocenters. The van der Waals surface area contributed by atoms with Crippen LogP contribution in [0.4, 0.5) is 0 Å². The molecule has 2 saturated heterocycles. The van der Waals surface area contributed by atoms with Crippen LogP contribution in [0.3, 0.4) is 0 Å². The van der Waals surface area contributed by atoms with E-state index in [4.69, 9.17) is 14.2 Å². The van der Waals surface area contributed by atoms with E-state index in [0.717, 1.165) is 0 Å². The van der Waals surface area contributed by atoms with Gasteiger partial charge in [-0.3, -0.25) is 4.79 Å². The van der Waals surface area contributed by atoms with Gasteiger partial charge < -0.3 is 24.4 Å². The van der Waals surface area contributed by atoms with Gasteiger partial charge in [0.15, 0.2) is 0 Å². The first kappa shape index (κ1) is 16.4. The number of esters is 2. The van der Waals surface area contributed by atoms with Gasteiger partial charge in [-0.1, -0.05) is 13.0 Å². The van der Waals surface area contributed by atoms with Gasteiger partial charge in [-0.15, -0.1) is 0 Å². The molecule has 0 aromatic carbocycles. The van der Waals surface area contributed by atoms with Gasteiger partial charge in [0, 0.05) is 5.92 Å². The minimum absolute atomic E-state index is 0.00741. The topological polar surface area (TPSA) is 106 Å². The molecule has 2 aliphatic heterocycles. The summed E-state index contributed by atoms with van der Waals surface area (Å²) in [5.41, 5.74) is -0.444. The first-order chi connectivity index (χ1) is 10.8. The van der Waals surface area contributed by atoms with Crippen LogP contribution in [0.15, 0.2) is 11.6 Å². The lowest BCUT2D eigenvalue weighted by atomic mass is 9.78. The van der Waals surface area contributed by atoms with Crippen molar-refractivity contribution in [2.75, 3.05) is 7.11 Å². The van der Waals surface area contributed by atoms with Crippen molar-refractivity contribution in [1.29, 1.82) is 0 Å². The summed E-state index contributed by atoms with van der Waals surface area (Å²) in [4.78, 5) is 23.9. The summed E-state index contributed by atoms with van der Waals surface area (Å²) >= 11 is 0. The second kappa shape index (κ2) is 5.58. The Morgan fingerprint density at radius 1 is 1.43 bits per heavy atom. The normalized spacial score (nSPS) is 48.4. The Morgan fingerprint density at radius 2 is 2.13 bits per heavy atom. The summed E-state index contributed by atoms with van der Waals surface area (Å²) in [7, 11) is 1.22. The molecule has 0 amide bonds. The lowest BCUT2D eigenvalue weighted by Crippen LogP contribution is -2.45. The monoisotopic (exact) mass is 326 g/mol. The Labute approximate surface area is 134 Å². The lowest BCUT2D eigenvalue weighted by Gasteiger charge is -2.29. The highest BCUT2D eigenvalue weighted by Crippen LogP contribution is 2.50. The molecule has 7 heteroatoms. The number of hydrogen-bond donors (Lipinski definition) is 2. The number of ether oxygens (including phenoxy) is 3. The number of epoxide rings is 1. The number of hydrogen-bond acceptors (Lipinski definition) is 7. The summed E-state index contributed by atoms with van der Waals surface area (Å²) in [6.45, 7) is 3.57. The number of methoxy groups -OCH3 is 1. The van der Waals surface area contributed by atoms with E-state index in [2.05, 4.69) is 0 Å². The number of carbonyl (C=O) groups is 2. The summed E-state index contributed by atoms with van der Waals surface area (Å²) in [6, 6.07) is 0. The fraction of sp³-hybridized carbons (Fsp3) is 0.750. The Kier molecular flexibility index (Phi) is 3.98. The van der Waals surface area contributed by atoms with Crippen molar-refractivity contribution in [2.45, 2.75) is 56.7 Å².